The SMILES string of the molecule is COC(=O)C1(C(F)F)Cc2cc(Cl)ccc2C1=O. The Morgan fingerprint density at radius 1 is 1.50 bits per heavy atom. The van der Waals surface area contributed by atoms with Crippen LogP contribution in [-0.2, 0) is 16.0 Å². The van der Waals surface area contributed by atoms with Crippen molar-refractivity contribution in [1.29, 1.82) is 0 Å². The molecule has 1 aliphatic rings. The summed E-state index contributed by atoms with van der Waals surface area (Å²) in [6, 6.07) is 4.20. The minimum atomic E-state index is -3.12. The Labute approximate surface area is 107 Å². The fraction of sp³-hybridized carbons (Fsp3) is 0.333. The predicted molar refractivity (Wildman–Crippen MR) is 59.9 cm³/mol. The van der Waals surface area contributed by atoms with Crippen molar-refractivity contribution >= 4 is 23.4 Å². The number of ketones is 1. The van der Waals surface area contributed by atoms with Gasteiger partial charge in [-0.25, -0.2) is 8.78 Å². The van der Waals surface area contributed by atoms with Crippen LogP contribution in [0.15, 0.2) is 18.2 Å². The summed E-state index contributed by atoms with van der Waals surface area (Å²) in [5.41, 5.74) is -1.98. The molecule has 0 aliphatic heterocycles. The monoisotopic (exact) mass is 274 g/mol. The van der Waals surface area contributed by atoms with Gasteiger partial charge in [0.15, 0.2) is 11.2 Å². The Balaban J connectivity index is 2.56. The number of Topliss-reactive ketones (excluding diaryl/α,β-unsaturated/α-hetero) is 1. The molecule has 2 rings (SSSR count). The number of alkyl halides is 2. The molecular weight excluding hydrogens is 266 g/mol. The number of ether oxygens (including phenoxy) is 1. The van der Waals surface area contributed by atoms with Gasteiger partial charge >= 0.3 is 5.97 Å². The van der Waals surface area contributed by atoms with Gasteiger partial charge in [0.05, 0.1) is 7.11 Å². The fourth-order valence-electron chi connectivity index (χ4n) is 2.16. The highest BCUT2D eigenvalue weighted by atomic mass is 35.5. The molecule has 0 N–H and O–H groups in total. The molecular formula is C12H9ClF2O3. The smallest absolute Gasteiger partial charge is 0.326 e. The minimum absolute atomic E-state index is 0.102. The highest BCUT2D eigenvalue weighted by Crippen LogP contribution is 2.43. The van der Waals surface area contributed by atoms with Crippen molar-refractivity contribution in [3.8, 4) is 0 Å². The highest BCUT2D eigenvalue weighted by Gasteiger charge is 2.59. The third kappa shape index (κ3) is 1.61. The third-order valence-corrected chi connectivity index (χ3v) is 3.34. The van der Waals surface area contributed by atoms with Crippen LogP contribution < -0.4 is 0 Å². The van der Waals surface area contributed by atoms with Gasteiger partial charge in [-0.2, -0.15) is 0 Å². The zero-order valence-corrected chi connectivity index (χ0v) is 10.1. The van der Waals surface area contributed by atoms with Crippen LogP contribution >= 0.6 is 11.6 Å². The average molecular weight is 275 g/mol. The molecule has 0 spiro atoms. The molecule has 1 aromatic carbocycles. The molecule has 0 bridgehead atoms. The number of benzene rings is 1. The van der Waals surface area contributed by atoms with E-state index < -0.39 is 23.6 Å². The number of methoxy groups -OCH3 is 1. The van der Waals surface area contributed by atoms with Crippen LogP contribution in [0, 0.1) is 5.41 Å². The molecule has 1 aliphatic carbocycles. The lowest BCUT2D eigenvalue weighted by Crippen LogP contribution is -2.44. The topological polar surface area (TPSA) is 43.4 Å². The molecule has 0 aromatic heterocycles. The normalized spacial score (nSPS) is 22.2. The summed E-state index contributed by atoms with van der Waals surface area (Å²) in [4.78, 5) is 23.6. The lowest BCUT2D eigenvalue weighted by molar-refractivity contribution is -0.157. The average Bonchev–Trinajstić information content (AvgIpc) is 2.62. The summed E-state index contributed by atoms with van der Waals surface area (Å²) >= 11 is 5.74. The fourth-order valence-corrected chi connectivity index (χ4v) is 2.36. The summed E-state index contributed by atoms with van der Waals surface area (Å²) in [7, 11) is 0.982. The Morgan fingerprint density at radius 2 is 2.17 bits per heavy atom. The van der Waals surface area contributed by atoms with E-state index in [4.69, 9.17) is 11.6 Å². The van der Waals surface area contributed by atoms with E-state index in [1.54, 1.807) is 0 Å². The predicted octanol–water partition coefficient (Wildman–Crippen LogP) is 2.50. The molecule has 1 aromatic rings. The first-order valence-electron chi connectivity index (χ1n) is 5.13. The van der Waals surface area contributed by atoms with Crippen LogP contribution in [-0.4, -0.2) is 25.3 Å². The maximum Gasteiger partial charge on any atom is 0.326 e. The second kappa shape index (κ2) is 4.31. The van der Waals surface area contributed by atoms with Crippen molar-refractivity contribution in [2.45, 2.75) is 12.8 Å². The van der Waals surface area contributed by atoms with Crippen LogP contribution in [0.25, 0.3) is 0 Å². The van der Waals surface area contributed by atoms with E-state index in [0.717, 1.165) is 7.11 Å². The van der Waals surface area contributed by atoms with Crippen LogP contribution in [0.2, 0.25) is 5.02 Å². The number of hydrogen-bond acceptors (Lipinski definition) is 3. The molecule has 0 radical (unpaired) electrons. The number of carbonyl (C=O) groups excluding carboxylic acids is 2. The number of carbonyl (C=O) groups is 2. The van der Waals surface area contributed by atoms with Gasteiger partial charge in [-0.05, 0) is 23.8 Å². The standard InChI is InChI=1S/C12H9ClF2O3/c1-18-11(17)12(10(14)15)5-6-4-7(13)2-3-8(6)9(12)16/h2-4,10H,5H2,1H3. The highest BCUT2D eigenvalue weighted by molar-refractivity contribution is 6.31. The first-order chi connectivity index (χ1) is 8.43. The van der Waals surface area contributed by atoms with Crippen LogP contribution in [0.1, 0.15) is 15.9 Å². The molecule has 6 heteroatoms. The second-order valence-corrected chi connectivity index (χ2v) is 4.51. The number of hydrogen-bond donors (Lipinski definition) is 0. The second-order valence-electron chi connectivity index (χ2n) is 4.07. The molecule has 1 unspecified atom stereocenters. The van der Waals surface area contributed by atoms with Crippen molar-refractivity contribution < 1.29 is 23.1 Å². The first kappa shape index (κ1) is 13.0. The van der Waals surface area contributed by atoms with Gasteiger partial charge < -0.3 is 4.74 Å². The number of esters is 1. The summed E-state index contributed by atoms with van der Waals surface area (Å²) < 4.78 is 30.7. The minimum Gasteiger partial charge on any atom is -0.468 e. The summed E-state index contributed by atoms with van der Waals surface area (Å²) in [6.45, 7) is 0. The summed E-state index contributed by atoms with van der Waals surface area (Å²) in [5.74, 6) is -2.12. The van der Waals surface area contributed by atoms with Crippen molar-refractivity contribution in [1.82, 2.24) is 0 Å². The molecule has 1 atom stereocenters. The third-order valence-electron chi connectivity index (χ3n) is 3.11. The Kier molecular flexibility index (Phi) is 3.11. The van der Waals surface area contributed by atoms with Gasteiger partial charge in [0.2, 0.25) is 0 Å². The quantitative estimate of drug-likeness (QED) is 0.615. The van der Waals surface area contributed by atoms with E-state index in [2.05, 4.69) is 4.74 Å². The van der Waals surface area contributed by atoms with Crippen LogP contribution in [0.3, 0.4) is 0 Å². The Morgan fingerprint density at radius 3 is 2.72 bits per heavy atom. The number of fused-ring (bicyclic) bond motifs is 1. The van der Waals surface area contributed by atoms with Gasteiger partial charge in [0, 0.05) is 17.0 Å². The lowest BCUT2D eigenvalue weighted by atomic mass is 9.84. The summed E-state index contributed by atoms with van der Waals surface area (Å²) in [5, 5.41) is 0.330. The number of rotatable bonds is 2. The molecule has 0 heterocycles. The zero-order chi connectivity index (χ0) is 13.5. The molecule has 0 saturated heterocycles. The maximum absolute atomic E-state index is 13.2. The van der Waals surface area contributed by atoms with Crippen molar-refractivity contribution in [3.05, 3.63) is 34.3 Å². The molecule has 18 heavy (non-hydrogen) atoms. The van der Waals surface area contributed by atoms with E-state index in [-0.39, 0.29) is 12.0 Å². The lowest BCUT2D eigenvalue weighted by Gasteiger charge is -2.22. The summed E-state index contributed by atoms with van der Waals surface area (Å²) in [6.07, 6.45) is -3.50. The van der Waals surface area contributed by atoms with Gasteiger partial charge in [-0.3, -0.25) is 9.59 Å². The largest absolute Gasteiger partial charge is 0.468 e. The molecule has 96 valence electrons. The van der Waals surface area contributed by atoms with E-state index in [0.29, 0.717) is 10.6 Å². The number of halogens is 3. The Bertz CT molecular complexity index is 530. The van der Waals surface area contributed by atoms with E-state index >= 15 is 0 Å². The zero-order valence-electron chi connectivity index (χ0n) is 9.38. The van der Waals surface area contributed by atoms with Crippen LogP contribution in [0.4, 0.5) is 8.78 Å². The van der Waals surface area contributed by atoms with E-state index in [1.807, 2.05) is 0 Å². The molecule has 0 saturated carbocycles. The van der Waals surface area contributed by atoms with Gasteiger partial charge in [0.1, 0.15) is 0 Å². The van der Waals surface area contributed by atoms with Crippen molar-refractivity contribution in [3.63, 3.8) is 0 Å². The van der Waals surface area contributed by atoms with Crippen molar-refractivity contribution in [2.24, 2.45) is 5.41 Å². The van der Waals surface area contributed by atoms with E-state index in [1.165, 1.54) is 18.2 Å². The molecule has 0 amide bonds. The van der Waals surface area contributed by atoms with Gasteiger partial charge in [0.25, 0.3) is 6.43 Å². The van der Waals surface area contributed by atoms with E-state index in [9.17, 15) is 18.4 Å². The molecule has 0 fully saturated rings. The van der Waals surface area contributed by atoms with Crippen molar-refractivity contribution in [2.75, 3.05) is 7.11 Å². The first-order valence-corrected chi connectivity index (χ1v) is 5.51. The van der Waals surface area contributed by atoms with Gasteiger partial charge in [-0.15, -0.1) is 0 Å². The Hall–Kier alpha value is -1.49. The van der Waals surface area contributed by atoms with Crippen LogP contribution in [0.5, 0.6) is 0 Å². The maximum atomic E-state index is 13.2. The van der Waals surface area contributed by atoms with Gasteiger partial charge in [-0.1, -0.05) is 11.6 Å². The molecule has 3 nitrogen and oxygen atoms in total.